The minimum absolute atomic E-state index is 0.0897. The van der Waals surface area contributed by atoms with Crippen LogP contribution in [0.15, 0.2) is 24.3 Å². The monoisotopic (exact) mass is 233 g/mol. The van der Waals surface area contributed by atoms with Crippen molar-refractivity contribution >= 4 is 0 Å². The lowest BCUT2D eigenvalue weighted by atomic mass is 9.92. The molecule has 2 nitrogen and oxygen atoms in total. The van der Waals surface area contributed by atoms with Gasteiger partial charge in [0.25, 0.3) is 0 Å². The summed E-state index contributed by atoms with van der Waals surface area (Å²) < 4.78 is 0. The van der Waals surface area contributed by atoms with Gasteiger partial charge < -0.3 is 5.11 Å². The molecule has 1 saturated heterocycles. The van der Waals surface area contributed by atoms with Gasteiger partial charge in [0.1, 0.15) is 0 Å². The molecule has 1 heterocycles. The highest BCUT2D eigenvalue weighted by Gasteiger charge is 2.26. The molecule has 0 aromatic heterocycles. The minimum atomic E-state index is -0.0897. The predicted molar refractivity (Wildman–Crippen MR) is 70.9 cm³/mol. The lowest BCUT2D eigenvalue weighted by Gasteiger charge is -2.36. The molecule has 0 aliphatic carbocycles. The largest absolute Gasteiger partial charge is 0.393 e. The second kappa shape index (κ2) is 5.65. The summed E-state index contributed by atoms with van der Waals surface area (Å²) in [7, 11) is 0. The van der Waals surface area contributed by atoms with Crippen LogP contribution >= 0.6 is 0 Å². The lowest BCUT2D eigenvalue weighted by molar-refractivity contribution is 0.0221. The molecule has 0 spiro atoms. The van der Waals surface area contributed by atoms with Crippen LogP contribution in [0, 0.1) is 12.8 Å². The van der Waals surface area contributed by atoms with Crippen molar-refractivity contribution in [3.8, 4) is 0 Å². The second-order valence-electron chi connectivity index (χ2n) is 5.19. The van der Waals surface area contributed by atoms with Gasteiger partial charge in [0, 0.05) is 19.6 Å². The van der Waals surface area contributed by atoms with Crippen molar-refractivity contribution in [2.75, 3.05) is 13.1 Å². The number of nitrogens with zero attached hydrogens (tertiary/aromatic N) is 1. The Bertz CT molecular complexity index is 364. The zero-order chi connectivity index (χ0) is 12.3. The van der Waals surface area contributed by atoms with Crippen LogP contribution in [0.2, 0.25) is 0 Å². The molecule has 0 amide bonds. The van der Waals surface area contributed by atoms with E-state index in [9.17, 15) is 5.11 Å². The molecule has 2 heteroatoms. The molecule has 2 rings (SSSR count). The van der Waals surface area contributed by atoms with Crippen LogP contribution in [0.3, 0.4) is 0 Å². The van der Waals surface area contributed by atoms with Crippen molar-refractivity contribution in [3.63, 3.8) is 0 Å². The number of rotatable bonds is 3. The van der Waals surface area contributed by atoms with Crippen LogP contribution in [0.25, 0.3) is 0 Å². The highest BCUT2D eigenvalue weighted by Crippen LogP contribution is 2.22. The topological polar surface area (TPSA) is 23.5 Å². The van der Waals surface area contributed by atoms with Gasteiger partial charge in [-0.2, -0.15) is 0 Å². The maximum absolute atomic E-state index is 9.88. The molecular formula is C15H23NO. The van der Waals surface area contributed by atoms with E-state index in [0.717, 1.165) is 32.5 Å². The average molecular weight is 233 g/mol. The summed E-state index contributed by atoms with van der Waals surface area (Å²) in [5, 5.41) is 9.88. The predicted octanol–water partition coefficient (Wildman–Crippen LogP) is 2.59. The van der Waals surface area contributed by atoms with E-state index in [2.05, 4.69) is 43.0 Å². The molecule has 1 N–H and O–H groups in total. The third-order valence-electron chi connectivity index (χ3n) is 3.96. The van der Waals surface area contributed by atoms with E-state index in [4.69, 9.17) is 0 Å². The molecule has 1 aliphatic rings. The van der Waals surface area contributed by atoms with Gasteiger partial charge in [-0.3, -0.25) is 4.90 Å². The summed E-state index contributed by atoms with van der Waals surface area (Å²) in [6.45, 7) is 7.42. The Hall–Kier alpha value is -0.860. The maximum Gasteiger partial charge on any atom is 0.0592 e. The molecular weight excluding hydrogens is 210 g/mol. The SMILES string of the molecule is CC[C@H]1CN(Cc2ccccc2C)CC[C@H]1O. The van der Waals surface area contributed by atoms with Crippen LogP contribution in [-0.2, 0) is 6.54 Å². The van der Waals surface area contributed by atoms with Crippen LogP contribution < -0.4 is 0 Å². The summed E-state index contributed by atoms with van der Waals surface area (Å²) in [5.41, 5.74) is 2.78. The number of aliphatic hydroxyl groups is 1. The summed E-state index contributed by atoms with van der Waals surface area (Å²) in [6, 6.07) is 8.58. The lowest BCUT2D eigenvalue weighted by Crippen LogP contribution is -2.42. The number of aliphatic hydroxyl groups excluding tert-OH is 1. The molecule has 2 atom stereocenters. The first-order chi connectivity index (χ1) is 8.20. The van der Waals surface area contributed by atoms with E-state index < -0.39 is 0 Å². The third-order valence-corrected chi connectivity index (χ3v) is 3.96. The number of piperidine rings is 1. The third kappa shape index (κ3) is 3.08. The maximum atomic E-state index is 9.88. The van der Waals surface area contributed by atoms with Gasteiger partial charge in [0.15, 0.2) is 0 Å². The van der Waals surface area contributed by atoms with Crippen LogP contribution in [-0.4, -0.2) is 29.2 Å². The number of likely N-dealkylation sites (tertiary alicyclic amines) is 1. The molecule has 0 bridgehead atoms. The molecule has 1 aromatic rings. The first-order valence-electron chi connectivity index (χ1n) is 6.65. The standard InChI is InChI=1S/C15H23NO/c1-3-13-10-16(9-8-15(13)17)11-14-7-5-4-6-12(14)2/h4-7,13,15,17H,3,8-11H2,1-2H3/t13-,15+/m0/s1. The number of hydrogen-bond donors (Lipinski definition) is 1. The molecule has 0 saturated carbocycles. The Labute approximate surface area is 104 Å². The van der Waals surface area contributed by atoms with Crippen molar-refractivity contribution < 1.29 is 5.11 Å². The number of hydrogen-bond acceptors (Lipinski definition) is 2. The fraction of sp³-hybridized carbons (Fsp3) is 0.600. The zero-order valence-corrected chi connectivity index (χ0v) is 10.9. The van der Waals surface area contributed by atoms with E-state index in [1.807, 2.05) is 0 Å². The first-order valence-corrected chi connectivity index (χ1v) is 6.65. The summed E-state index contributed by atoms with van der Waals surface area (Å²) >= 11 is 0. The highest BCUT2D eigenvalue weighted by molar-refractivity contribution is 5.25. The molecule has 0 unspecified atom stereocenters. The fourth-order valence-corrected chi connectivity index (χ4v) is 2.67. The molecule has 1 aromatic carbocycles. The average Bonchev–Trinajstić information content (AvgIpc) is 2.34. The van der Waals surface area contributed by atoms with E-state index in [-0.39, 0.29) is 6.10 Å². The Morgan fingerprint density at radius 3 is 2.82 bits per heavy atom. The van der Waals surface area contributed by atoms with Crippen molar-refractivity contribution in [3.05, 3.63) is 35.4 Å². The summed E-state index contributed by atoms with van der Waals surface area (Å²) in [6.07, 6.45) is 1.91. The normalized spacial score (nSPS) is 26.1. The molecule has 0 radical (unpaired) electrons. The fourth-order valence-electron chi connectivity index (χ4n) is 2.67. The van der Waals surface area contributed by atoms with Gasteiger partial charge in [-0.25, -0.2) is 0 Å². The van der Waals surface area contributed by atoms with Crippen LogP contribution in [0.1, 0.15) is 30.9 Å². The van der Waals surface area contributed by atoms with Crippen molar-refractivity contribution in [1.29, 1.82) is 0 Å². The Balaban J connectivity index is 1.98. The summed E-state index contributed by atoms with van der Waals surface area (Å²) in [4.78, 5) is 2.48. The molecule has 94 valence electrons. The van der Waals surface area contributed by atoms with Gasteiger partial charge in [-0.05, 0) is 36.8 Å². The smallest absolute Gasteiger partial charge is 0.0592 e. The van der Waals surface area contributed by atoms with Crippen molar-refractivity contribution in [2.24, 2.45) is 5.92 Å². The quantitative estimate of drug-likeness (QED) is 0.867. The zero-order valence-electron chi connectivity index (χ0n) is 10.9. The van der Waals surface area contributed by atoms with Crippen molar-refractivity contribution in [2.45, 2.75) is 39.3 Å². The number of aryl methyl sites for hydroxylation is 1. The van der Waals surface area contributed by atoms with Gasteiger partial charge in [-0.1, -0.05) is 31.2 Å². The molecule has 17 heavy (non-hydrogen) atoms. The van der Waals surface area contributed by atoms with Crippen LogP contribution in [0.4, 0.5) is 0 Å². The Kier molecular flexibility index (Phi) is 4.19. The highest BCUT2D eigenvalue weighted by atomic mass is 16.3. The minimum Gasteiger partial charge on any atom is -0.393 e. The van der Waals surface area contributed by atoms with Gasteiger partial charge in [-0.15, -0.1) is 0 Å². The Morgan fingerprint density at radius 2 is 2.12 bits per heavy atom. The first kappa shape index (κ1) is 12.6. The van der Waals surface area contributed by atoms with Gasteiger partial charge in [0.05, 0.1) is 6.10 Å². The van der Waals surface area contributed by atoms with Crippen LogP contribution in [0.5, 0.6) is 0 Å². The molecule has 1 aliphatic heterocycles. The van der Waals surface area contributed by atoms with E-state index in [1.165, 1.54) is 11.1 Å². The number of benzene rings is 1. The van der Waals surface area contributed by atoms with Gasteiger partial charge in [0.2, 0.25) is 0 Å². The van der Waals surface area contributed by atoms with Crippen molar-refractivity contribution in [1.82, 2.24) is 4.90 Å². The van der Waals surface area contributed by atoms with E-state index in [1.54, 1.807) is 0 Å². The molecule has 1 fully saturated rings. The summed E-state index contributed by atoms with van der Waals surface area (Å²) in [5.74, 6) is 0.452. The second-order valence-corrected chi connectivity index (χ2v) is 5.19. The van der Waals surface area contributed by atoms with Gasteiger partial charge >= 0.3 is 0 Å². The Morgan fingerprint density at radius 1 is 1.35 bits per heavy atom. The van der Waals surface area contributed by atoms with E-state index in [0.29, 0.717) is 5.92 Å². The van der Waals surface area contributed by atoms with E-state index >= 15 is 0 Å².